The zero-order valence-electron chi connectivity index (χ0n) is 17.3. The van der Waals surface area contributed by atoms with Crippen LogP contribution in [0.2, 0.25) is 5.02 Å². The topological polar surface area (TPSA) is 126 Å². The summed E-state index contributed by atoms with van der Waals surface area (Å²) >= 11 is 5.98. The van der Waals surface area contributed by atoms with Crippen LogP contribution in [0.15, 0.2) is 51.0 Å². The molecule has 0 unspecified atom stereocenters. The van der Waals surface area contributed by atoms with Gasteiger partial charge in [-0.05, 0) is 32.0 Å². The van der Waals surface area contributed by atoms with Gasteiger partial charge in [0.15, 0.2) is 15.5 Å². The fraction of sp³-hybridized carbons (Fsp3) is 0.211. The summed E-state index contributed by atoms with van der Waals surface area (Å²) in [5, 5.41) is -1.26. The first-order chi connectivity index (χ1) is 15.7. The van der Waals surface area contributed by atoms with Crippen molar-refractivity contribution in [3.63, 3.8) is 0 Å². The second kappa shape index (κ2) is 8.76. The van der Waals surface area contributed by atoms with Crippen LogP contribution in [-0.2, 0) is 16.0 Å². The second-order valence-corrected chi connectivity index (χ2v) is 9.97. The number of sulfone groups is 1. The number of hydrogen-bond donors (Lipinski definition) is 1. The Balaban J connectivity index is 2.21. The van der Waals surface area contributed by atoms with Gasteiger partial charge >= 0.3 is 11.9 Å². The van der Waals surface area contributed by atoms with E-state index in [2.05, 4.69) is 4.98 Å². The summed E-state index contributed by atoms with van der Waals surface area (Å²) in [7, 11) is -3.89. The monoisotopic (exact) mass is 522 g/mol. The molecule has 0 aliphatic rings. The van der Waals surface area contributed by atoms with Crippen LogP contribution in [-0.4, -0.2) is 27.9 Å². The maximum absolute atomic E-state index is 14.6. The molecule has 34 heavy (non-hydrogen) atoms. The van der Waals surface area contributed by atoms with Crippen molar-refractivity contribution in [3.8, 4) is 17.3 Å². The van der Waals surface area contributed by atoms with E-state index in [0.717, 1.165) is 6.07 Å². The predicted octanol–water partition coefficient (Wildman–Crippen LogP) is 2.89. The summed E-state index contributed by atoms with van der Waals surface area (Å²) in [6.07, 6.45) is -3.92. The lowest BCUT2D eigenvalue weighted by Gasteiger charge is -2.16. The zero-order valence-corrected chi connectivity index (χ0v) is 18.9. The van der Waals surface area contributed by atoms with Gasteiger partial charge in [-0.2, -0.15) is 13.2 Å². The minimum absolute atomic E-state index is 0.0159. The van der Waals surface area contributed by atoms with Crippen molar-refractivity contribution in [2.75, 3.05) is 5.84 Å². The van der Waals surface area contributed by atoms with Crippen molar-refractivity contribution in [1.29, 1.82) is 0 Å². The van der Waals surface area contributed by atoms with Crippen LogP contribution in [0, 0.1) is 5.82 Å². The first-order valence-corrected chi connectivity index (χ1v) is 11.2. The summed E-state index contributed by atoms with van der Waals surface area (Å²) in [4.78, 5) is 28.2. The van der Waals surface area contributed by atoms with Gasteiger partial charge in [0, 0.05) is 18.3 Å². The quantitative estimate of drug-likeness (QED) is 0.403. The van der Waals surface area contributed by atoms with Crippen molar-refractivity contribution >= 4 is 21.4 Å². The standard InChI is InChI=1S/C19H15ClF4N4O5S/c1-9(2)34(31,32)14-4-3-5-26-17(14)33-13-7-12(11(21)6-10(13)20)27-16(29)8-15(19(22,23)24)28(25)18(27)30/h3-9H,25H2,1-2H3. The Morgan fingerprint density at radius 3 is 2.41 bits per heavy atom. The number of rotatable bonds is 5. The molecule has 15 heteroatoms. The maximum Gasteiger partial charge on any atom is 0.433 e. The van der Waals surface area contributed by atoms with Gasteiger partial charge in [-0.25, -0.2) is 31.8 Å². The summed E-state index contributed by atoms with van der Waals surface area (Å²) in [6, 6.07) is 3.92. The van der Waals surface area contributed by atoms with Gasteiger partial charge in [-0.3, -0.25) is 4.79 Å². The van der Waals surface area contributed by atoms with Crippen LogP contribution in [0.25, 0.3) is 5.69 Å². The molecule has 0 radical (unpaired) electrons. The molecule has 0 spiro atoms. The molecule has 2 heterocycles. The van der Waals surface area contributed by atoms with Crippen LogP contribution in [0.5, 0.6) is 11.6 Å². The summed E-state index contributed by atoms with van der Waals surface area (Å²) in [5.74, 6) is 3.03. The Kier molecular flexibility index (Phi) is 6.50. The summed E-state index contributed by atoms with van der Waals surface area (Å²) < 4.78 is 84.0. The number of aromatic nitrogens is 3. The SMILES string of the molecule is CC(C)S(=O)(=O)c1cccnc1Oc1cc(-n2c(=O)cc(C(F)(F)F)n(N)c2=O)c(F)cc1Cl. The Morgan fingerprint density at radius 1 is 1.18 bits per heavy atom. The maximum atomic E-state index is 14.6. The first kappa shape index (κ1) is 25.2. The van der Waals surface area contributed by atoms with Gasteiger partial charge in [-0.15, -0.1) is 0 Å². The molecule has 2 aromatic heterocycles. The highest BCUT2D eigenvalue weighted by Crippen LogP contribution is 2.35. The summed E-state index contributed by atoms with van der Waals surface area (Å²) in [5.41, 5.74) is -5.83. The molecule has 0 atom stereocenters. The number of nitrogen functional groups attached to an aromatic ring is 1. The Hall–Kier alpha value is -3.39. The number of alkyl halides is 3. The Morgan fingerprint density at radius 2 is 1.82 bits per heavy atom. The van der Waals surface area contributed by atoms with Crippen molar-refractivity contribution in [2.24, 2.45) is 0 Å². The molecule has 0 saturated heterocycles. The third-order valence-corrected chi connectivity index (χ3v) is 7.00. The third-order valence-electron chi connectivity index (χ3n) is 4.54. The van der Waals surface area contributed by atoms with Gasteiger partial charge in [0.25, 0.3) is 5.56 Å². The van der Waals surface area contributed by atoms with Crippen molar-refractivity contribution in [2.45, 2.75) is 30.2 Å². The highest BCUT2D eigenvalue weighted by molar-refractivity contribution is 7.92. The first-order valence-electron chi connectivity index (χ1n) is 9.23. The molecule has 1 aromatic carbocycles. The number of halogens is 5. The van der Waals surface area contributed by atoms with Crippen LogP contribution in [0.4, 0.5) is 17.6 Å². The molecule has 2 N–H and O–H groups in total. The van der Waals surface area contributed by atoms with Crippen LogP contribution in [0.1, 0.15) is 19.5 Å². The number of ether oxygens (including phenoxy) is 1. The molecule has 0 saturated carbocycles. The van der Waals surface area contributed by atoms with Gasteiger partial charge in [0.1, 0.15) is 16.5 Å². The molecule has 0 fully saturated rings. The highest BCUT2D eigenvalue weighted by atomic mass is 35.5. The number of nitrogens with two attached hydrogens (primary N) is 1. The van der Waals surface area contributed by atoms with E-state index in [-0.39, 0.29) is 20.2 Å². The van der Waals surface area contributed by atoms with Crippen molar-refractivity contribution in [1.82, 2.24) is 14.2 Å². The average Bonchev–Trinajstić information content (AvgIpc) is 2.73. The molecule has 3 aromatic rings. The van der Waals surface area contributed by atoms with E-state index in [9.17, 15) is 35.6 Å². The number of pyridine rings is 1. The van der Waals surface area contributed by atoms with Crippen LogP contribution in [0.3, 0.4) is 0 Å². The molecule has 0 amide bonds. The van der Waals surface area contributed by atoms with Gasteiger partial charge < -0.3 is 10.6 Å². The number of nitrogens with zero attached hydrogens (tertiary/aromatic N) is 3. The number of benzene rings is 1. The van der Waals surface area contributed by atoms with Gasteiger partial charge in [0.2, 0.25) is 5.88 Å². The van der Waals surface area contributed by atoms with Gasteiger partial charge in [-0.1, -0.05) is 11.6 Å². The predicted molar refractivity (Wildman–Crippen MR) is 113 cm³/mol. The molecular formula is C19H15ClF4N4O5S. The lowest BCUT2D eigenvalue weighted by atomic mass is 10.2. The second-order valence-electron chi connectivity index (χ2n) is 7.09. The van der Waals surface area contributed by atoms with Crippen molar-refractivity contribution in [3.05, 3.63) is 73.9 Å². The van der Waals surface area contributed by atoms with E-state index < -0.39 is 66.4 Å². The molecule has 9 nitrogen and oxygen atoms in total. The molecule has 0 aliphatic carbocycles. The summed E-state index contributed by atoms with van der Waals surface area (Å²) in [6.45, 7) is 2.84. The zero-order chi connectivity index (χ0) is 25.6. The highest BCUT2D eigenvalue weighted by Gasteiger charge is 2.36. The van der Waals surface area contributed by atoms with Crippen molar-refractivity contribution < 1.29 is 30.7 Å². The lowest BCUT2D eigenvalue weighted by molar-refractivity contribution is -0.143. The molecule has 0 bridgehead atoms. The van der Waals surface area contributed by atoms with E-state index in [1.807, 2.05) is 0 Å². The average molecular weight is 523 g/mol. The molecule has 182 valence electrons. The third kappa shape index (κ3) is 4.50. The largest absolute Gasteiger partial charge is 0.436 e. The fourth-order valence-electron chi connectivity index (χ4n) is 2.79. The van der Waals surface area contributed by atoms with Crippen LogP contribution < -0.4 is 21.8 Å². The molecule has 0 aliphatic heterocycles. The van der Waals surface area contributed by atoms with Crippen LogP contribution >= 0.6 is 11.6 Å². The van der Waals surface area contributed by atoms with E-state index in [4.69, 9.17) is 22.2 Å². The minimum Gasteiger partial charge on any atom is -0.436 e. The van der Waals surface area contributed by atoms with E-state index in [1.165, 1.54) is 32.2 Å². The fourth-order valence-corrected chi connectivity index (χ4v) is 4.09. The molecule has 3 rings (SSSR count). The number of hydrogen-bond acceptors (Lipinski definition) is 7. The Bertz CT molecular complexity index is 1500. The molecular weight excluding hydrogens is 508 g/mol. The van der Waals surface area contributed by atoms with E-state index in [1.54, 1.807) is 0 Å². The van der Waals surface area contributed by atoms with Gasteiger partial charge in [0.05, 0.1) is 16.0 Å². The Labute approximate surface area is 193 Å². The van der Waals surface area contributed by atoms with E-state index in [0.29, 0.717) is 6.07 Å². The smallest absolute Gasteiger partial charge is 0.433 e. The lowest BCUT2D eigenvalue weighted by Crippen LogP contribution is -2.45. The van der Waals surface area contributed by atoms with E-state index >= 15 is 0 Å². The minimum atomic E-state index is -5.13. The normalized spacial score (nSPS) is 12.2.